The van der Waals surface area contributed by atoms with Gasteiger partial charge < -0.3 is 10.2 Å². The van der Waals surface area contributed by atoms with E-state index in [4.69, 9.17) is 5.11 Å². The Balaban J connectivity index is 2.11. The molecule has 1 aromatic rings. The number of benzene rings is 1. The summed E-state index contributed by atoms with van der Waals surface area (Å²) in [6.07, 6.45) is 3.45. The van der Waals surface area contributed by atoms with Crippen molar-refractivity contribution in [3.63, 3.8) is 0 Å². The molecule has 1 fully saturated rings. The maximum Gasteiger partial charge on any atom is 0.0899 e. The third-order valence-corrected chi connectivity index (χ3v) is 2.81. The van der Waals surface area contributed by atoms with Gasteiger partial charge in [0.05, 0.1) is 5.60 Å². The standard InChI is InChI=1S/C12H16O2/c13-8-2-4-10-3-1-5-11(9-10)12(14)6-7-12/h1,3,5,9,13-14H,2,4,6-8H2. The number of aryl methyl sites for hydroxylation is 1. The SMILES string of the molecule is OCCCc1cccc(C2(O)CC2)c1. The molecule has 0 radical (unpaired) electrons. The molecule has 2 heteroatoms. The van der Waals surface area contributed by atoms with Gasteiger partial charge in [0.25, 0.3) is 0 Å². The second-order valence-corrected chi connectivity index (χ2v) is 4.06. The van der Waals surface area contributed by atoms with Gasteiger partial charge in [-0.15, -0.1) is 0 Å². The van der Waals surface area contributed by atoms with E-state index in [1.54, 1.807) is 0 Å². The first kappa shape index (κ1) is 9.69. The topological polar surface area (TPSA) is 40.5 Å². The van der Waals surface area contributed by atoms with Crippen molar-refractivity contribution < 1.29 is 10.2 Å². The van der Waals surface area contributed by atoms with Crippen LogP contribution in [-0.2, 0) is 12.0 Å². The Morgan fingerprint density at radius 1 is 1.29 bits per heavy atom. The minimum atomic E-state index is -0.533. The van der Waals surface area contributed by atoms with Crippen LogP contribution in [0.5, 0.6) is 0 Å². The molecule has 2 nitrogen and oxygen atoms in total. The summed E-state index contributed by atoms with van der Waals surface area (Å²) in [6.45, 7) is 0.231. The third-order valence-electron chi connectivity index (χ3n) is 2.81. The van der Waals surface area contributed by atoms with Gasteiger partial charge in [0.15, 0.2) is 0 Å². The number of aliphatic hydroxyl groups excluding tert-OH is 1. The minimum Gasteiger partial charge on any atom is -0.396 e. The first-order valence-corrected chi connectivity index (χ1v) is 5.17. The maximum absolute atomic E-state index is 9.90. The van der Waals surface area contributed by atoms with Crippen molar-refractivity contribution in [1.29, 1.82) is 0 Å². The molecular formula is C12H16O2. The molecule has 14 heavy (non-hydrogen) atoms. The fraction of sp³-hybridized carbons (Fsp3) is 0.500. The van der Waals surface area contributed by atoms with E-state index in [0.29, 0.717) is 0 Å². The largest absolute Gasteiger partial charge is 0.396 e. The van der Waals surface area contributed by atoms with Crippen LogP contribution in [0, 0.1) is 0 Å². The van der Waals surface area contributed by atoms with Crippen LogP contribution in [0.15, 0.2) is 24.3 Å². The molecule has 0 spiro atoms. The minimum absolute atomic E-state index is 0.231. The highest BCUT2D eigenvalue weighted by molar-refractivity contribution is 5.31. The van der Waals surface area contributed by atoms with Crippen LogP contribution in [0.1, 0.15) is 30.4 Å². The number of hydrogen-bond donors (Lipinski definition) is 2. The van der Waals surface area contributed by atoms with Crippen molar-refractivity contribution in [2.75, 3.05) is 6.61 Å². The molecule has 0 aliphatic heterocycles. The summed E-state index contributed by atoms with van der Waals surface area (Å²) in [4.78, 5) is 0. The lowest BCUT2D eigenvalue weighted by Gasteiger charge is -2.09. The fourth-order valence-corrected chi connectivity index (χ4v) is 1.71. The molecule has 0 aromatic heterocycles. The zero-order valence-electron chi connectivity index (χ0n) is 8.24. The van der Waals surface area contributed by atoms with E-state index in [9.17, 15) is 5.11 Å². The van der Waals surface area contributed by atoms with E-state index in [-0.39, 0.29) is 6.61 Å². The molecule has 0 heterocycles. The van der Waals surface area contributed by atoms with Crippen molar-refractivity contribution in [1.82, 2.24) is 0 Å². The average molecular weight is 192 g/mol. The molecule has 76 valence electrons. The molecule has 2 rings (SSSR count). The van der Waals surface area contributed by atoms with Gasteiger partial charge >= 0.3 is 0 Å². The van der Waals surface area contributed by atoms with Gasteiger partial charge in [-0.05, 0) is 36.8 Å². The Hall–Kier alpha value is -0.860. The predicted molar refractivity (Wildman–Crippen MR) is 55.0 cm³/mol. The third kappa shape index (κ3) is 1.97. The zero-order valence-corrected chi connectivity index (χ0v) is 8.24. The Morgan fingerprint density at radius 3 is 2.71 bits per heavy atom. The maximum atomic E-state index is 9.90. The zero-order chi connectivity index (χ0) is 10.0. The lowest BCUT2D eigenvalue weighted by atomic mass is 10.0. The van der Waals surface area contributed by atoms with Crippen molar-refractivity contribution in [3.05, 3.63) is 35.4 Å². The normalized spacial score (nSPS) is 18.1. The average Bonchev–Trinajstić information content (AvgIpc) is 2.95. The second kappa shape index (κ2) is 3.71. The smallest absolute Gasteiger partial charge is 0.0899 e. The number of aliphatic hydroxyl groups is 2. The summed E-state index contributed by atoms with van der Waals surface area (Å²) in [7, 11) is 0. The molecule has 1 aromatic carbocycles. The second-order valence-electron chi connectivity index (χ2n) is 4.06. The van der Waals surface area contributed by atoms with E-state index in [2.05, 4.69) is 6.07 Å². The Bertz CT molecular complexity index is 316. The van der Waals surface area contributed by atoms with Crippen LogP contribution in [-0.4, -0.2) is 16.8 Å². The van der Waals surface area contributed by atoms with E-state index in [1.807, 2.05) is 18.2 Å². The summed E-state index contributed by atoms with van der Waals surface area (Å²) in [5, 5.41) is 18.6. The molecule has 0 unspecified atom stereocenters. The van der Waals surface area contributed by atoms with E-state index < -0.39 is 5.60 Å². The number of hydrogen-bond acceptors (Lipinski definition) is 2. The lowest BCUT2D eigenvalue weighted by molar-refractivity contribution is 0.151. The monoisotopic (exact) mass is 192 g/mol. The molecule has 0 amide bonds. The van der Waals surface area contributed by atoms with Crippen molar-refractivity contribution in [2.24, 2.45) is 0 Å². The van der Waals surface area contributed by atoms with Crippen LogP contribution in [0.3, 0.4) is 0 Å². The van der Waals surface area contributed by atoms with Crippen molar-refractivity contribution in [2.45, 2.75) is 31.3 Å². The Labute approximate surface area is 84.2 Å². The quantitative estimate of drug-likeness (QED) is 0.760. The fourth-order valence-electron chi connectivity index (χ4n) is 1.71. The molecule has 1 aliphatic carbocycles. The van der Waals surface area contributed by atoms with Gasteiger partial charge in [-0.3, -0.25) is 0 Å². The van der Waals surface area contributed by atoms with Gasteiger partial charge in [0, 0.05) is 6.61 Å². The molecular weight excluding hydrogens is 176 g/mol. The highest BCUT2D eigenvalue weighted by atomic mass is 16.3. The van der Waals surface area contributed by atoms with Gasteiger partial charge in [0.1, 0.15) is 0 Å². The van der Waals surface area contributed by atoms with Crippen molar-refractivity contribution in [3.8, 4) is 0 Å². The summed E-state index contributed by atoms with van der Waals surface area (Å²) >= 11 is 0. The number of rotatable bonds is 4. The molecule has 0 bridgehead atoms. The van der Waals surface area contributed by atoms with Crippen LogP contribution in [0.4, 0.5) is 0 Å². The molecule has 1 saturated carbocycles. The van der Waals surface area contributed by atoms with Crippen LogP contribution in [0.2, 0.25) is 0 Å². The summed E-state index contributed by atoms with van der Waals surface area (Å²) in [5.41, 5.74) is 1.71. The Morgan fingerprint density at radius 2 is 2.07 bits per heavy atom. The summed E-state index contributed by atoms with van der Waals surface area (Å²) in [6, 6.07) is 8.07. The molecule has 0 atom stereocenters. The first-order valence-electron chi connectivity index (χ1n) is 5.17. The highest BCUT2D eigenvalue weighted by Gasteiger charge is 2.41. The summed E-state index contributed by atoms with van der Waals surface area (Å²) in [5.74, 6) is 0. The van der Waals surface area contributed by atoms with E-state index in [0.717, 1.165) is 31.2 Å². The summed E-state index contributed by atoms with van der Waals surface area (Å²) < 4.78 is 0. The highest BCUT2D eigenvalue weighted by Crippen LogP contribution is 2.45. The predicted octanol–water partition coefficient (Wildman–Crippen LogP) is 1.59. The lowest BCUT2D eigenvalue weighted by Crippen LogP contribution is -2.04. The van der Waals surface area contributed by atoms with E-state index in [1.165, 1.54) is 5.56 Å². The van der Waals surface area contributed by atoms with Crippen LogP contribution < -0.4 is 0 Å². The molecule has 1 aliphatic rings. The first-order chi connectivity index (χ1) is 6.74. The van der Waals surface area contributed by atoms with E-state index >= 15 is 0 Å². The van der Waals surface area contributed by atoms with Gasteiger partial charge in [-0.2, -0.15) is 0 Å². The van der Waals surface area contributed by atoms with Gasteiger partial charge in [-0.1, -0.05) is 24.3 Å². The molecule has 0 saturated heterocycles. The van der Waals surface area contributed by atoms with Crippen molar-refractivity contribution >= 4 is 0 Å². The molecule has 2 N–H and O–H groups in total. The van der Waals surface area contributed by atoms with Gasteiger partial charge in [-0.25, -0.2) is 0 Å². The van der Waals surface area contributed by atoms with Gasteiger partial charge in [0.2, 0.25) is 0 Å². The van der Waals surface area contributed by atoms with Crippen LogP contribution >= 0.6 is 0 Å². The Kier molecular flexibility index (Phi) is 2.57. The van der Waals surface area contributed by atoms with Crippen LogP contribution in [0.25, 0.3) is 0 Å².